The summed E-state index contributed by atoms with van der Waals surface area (Å²) in [5.41, 5.74) is 0. The third kappa shape index (κ3) is 1.93. The van der Waals surface area contributed by atoms with E-state index in [9.17, 15) is 4.79 Å². The summed E-state index contributed by atoms with van der Waals surface area (Å²) in [5, 5.41) is 0. The molecule has 14 heavy (non-hydrogen) atoms. The van der Waals surface area contributed by atoms with Crippen LogP contribution in [0.15, 0.2) is 32.7 Å². The van der Waals surface area contributed by atoms with Gasteiger partial charge in [-0.2, -0.15) is 4.99 Å². The molecule has 1 aliphatic rings. The maximum absolute atomic E-state index is 11.3. The number of aliphatic imine (C=N–C) groups is 1. The van der Waals surface area contributed by atoms with Gasteiger partial charge in [0.2, 0.25) is 0 Å². The normalized spacial score (nSPS) is 19.1. The molecule has 1 aliphatic heterocycles. The van der Waals surface area contributed by atoms with Gasteiger partial charge in [-0.1, -0.05) is 11.8 Å². The molecule has 72 valence electrons. The molecule has 0 fully saturated rings. The van der Waals surface area contributed by atoms with Crippen molar-refractivity contribution in [1.82, 2.24) is 0 Å². The zero-order chi connectivity index (χ0) is 9.97. The summed E-state index contributed by atoms with van der Waals surface area (Å²) in [4.78, 5) is 15.8. The highest BCUT2D eigenvalue weighted by Crippen LogP contribution is 2.32. The van der Waals surface area contributed by atoms with Gasteiger partial charge in [0.25, 0.3) is 5.91 Å². The number of amides is 1. The van der Waals surface area contributed by atoms with Gasteiger partial charge in [-0.3, -0.25) is 4.79 Å². The van der Waals surface area contributed by atoms with E-state index in [0.29, 0.717) is 10.7 Å². The largest absolute Gasteiger partial charge is 0.465 e. The first-order valence-electron chi connectivity index (χ1n) is 3.89. The molecule has 1 amide bonds. The molecule has 3 nitrogen and oxygen atoms in total. The Balaban J connectivity index is 2.20. The van der Waals surface area contributed by atoms with Gasteiger partial charge in [-0.25, -0.2) is 0 Å². The molecular weight excluding hydrogens is 218 g/mol. The smallest absolute Gasteiger partial charge is 0.285 e. The van der Waals surface area contributed by atoms with Gasteiger partial charge in [0.1, 0.15) is 10.1 Å². The van der Waals surface area contributed by atoms with E-state index in [0.717, 1.165) is 4.38 Å². The van der Waals surface area contributed by atoms with Crippen LogP contribution < -0.4 is 0 Å². The SMILES string of the molecule is CSC1=NC(=O)/C(=C/c2ccco2)S1. The van der Waals surface area contributed by atoms with Crippen molar-refractivity contribution in [2.45, 2.75) is 0 Å². The number of nitrogens with zero attached hydrogens (tertiary/aromatic N) is 1. The fraction of sp³-hybridized carbons (Fsp3) is 0.111. The van der Waals surface area contributed by atoms with Crippen molar-refractivity contribution >= 4 is 39.9 Å². The molecule has 0 bridgehead atoms. The first-order chi connectivity index (χ1) is 6.79. The molecule has 1 aromatic heterocycles. The van der Waals surface area contributed by atoms with Crippen molar-refractivity contribution in [2.75, 3.05) is 6.26 Å². The van der Waals surface area contributed by atoms with Crippen molar-refractivity contribution in [3.05, 3.63) is 29.1 Å². The van der Waals surface area contributed by atoms with E-state index in [4.69, 9.17) is 4.42 Å². The molecule has 0 saturated carbocycles. The number of carbonyl (C=O) groups excluding carboxylic acids is 1. The predicted molar refractivity (Wildman–Crippen MR) is 60.2 cm³/mol. The fourth-order valence-electron chi connectivity index (χ4n) is 0.980. The Labute approximate surface area is 89.7 Å². The monoisotopic (exact) mass is 225 g/mol. The van der Waals surface area contributed by atoms with Crippen molar-refractivity contribution < 1.29 is 9.21 Å². The minimum absolute atomic E-state index is 0.184. The molecule has 2 heterocycles. The summed E-state index contributed by atoms with van der Waals surface area (Å²) in [6.45, 7) is 0. The summed E-state index contributed by atoms with van der Waals surface area (Å²) < 4.78 is 5.90. The van der Waals surface area contributed by atoms with Crippen LogP contribution in [-0.4, -0.2) is 16.5 Å². The van der Waals surface area contributed by atoms with Gasteiger partial charge in [-0.15, -0.1) is 11.8 Å². The number of hydrogen-bond donors (Lipinski definition) is 0. The van der Waals surface area contributed by atoms with Gasteiger partial charge in [-0.05, 0) is 18.4 Å². The van der Waals surface area contributed by atoms with Gasteiger partial charge in [0.05, 0.1) is 11.2 Å². The quantitative estimate of drug-likeness (QED) is 0.689. The number of thioether (sulfide) groups is 2. The van der Waals surface area contributed by atoms with Gasteiger partial charge in [0.15, 0.2) is 0 Å². The Morgan fingerprint density at radius 2 is 2.50 bits per heavy atom. The Hall–Kier alpha value is -0.940. The van der Waals surface area contributed by atoms with E-state index in [1.165, 1.54) is 23.5 Å². The van der Waals surface area contributed by atoms with Crippen LogP contribution in [0, 0.1) is 0 Å². The maximum Gasteiger partial charge on any atom is 0.285 e. The summed E-state index contributed by atoms with van der Waals surface area (Å²) in [6, 6.07) is 3.59. The highest BCUT2D eigenvalue weighted by atomic mass is 32.2. The summed E-state index contributed by atoms with van der Waals surface area (Å²) in [7, 11) is 0. The number of hydrogen-bond acceptors (Lipinski definition) is 4. The van der Waals surface area contributed by atoms with Crippen LogP contribution in [0.2, 0.25) is 0 Å². The third-order valence-electron chi connectivity index (χ3n) is 1.59. The topological polar surface area (TPSA) is 42.6 Å². The van der Waals surface area contributed by atoms with Crippen LogP contribution in [0.5, 0.6) is 0 Å². The zero-order valence-electron chi connectivity index (χ0n) is 7.39. The highest BCUT2D eigenvalue weighted by molar-refractivity contribution is 8.40. The predicted octanol–water partition coefficient (Wildman–Crippen LogP) is 2.61. The van der Waals surface area contributed by atoms with E-state index >= 15 is 0 Å². The maximum atomic E-state index is 11.3. The van der Waals surface area contributed by atoms with Crippen LogP contribution in [0.1, 0.15) is 5.76 Å². The second kappa shape index (κ2) is 4.06. The standard InChI is InChI=1S/C9H7NO2S2/c1-13-9-10-8(11)7(14-9)5-6-3-2-4-12-6/h2-5H,1H3/b7-5-. The Bertz CT molecular complexity index is 406. The Morgan fingerprint density at radius 1 is 1.64 bits per heavy atom. The fourth-order valence-corrected chi connectivity index (χ4v) is 2.38. The van der Waals surface area contributed by atoms with E-state index in [-0.39, 0.29) is 5.91 Å². The lowest BCUT2D eigenvalue weighted by Crippen LogP contribution is -1.86. The lowest BCUT2D eigenvalue weighted by Gasteiger charge is -1.91. The first-order valence-corrected chi connectivity index (χ1v) is 5.94. The Kier molecular flexibility index (Phi) is 2.79. The van der Waals surface area contributed by atoms with Crippen LogP contribution in [0.25, 0.3) is 6.08 Å². The molecule has 0 saturated heterocycles. The number of carbonyl (C=O) groups is 1. The molecule has 2 rings (SSSR count). The second-order valence-electron chi connectivity index (χ2n) is 2.51. The highest BCUT2D eigenvalue weighted by Gasteiger charge is 2.21. The van der Waals surface area contributed by atoms with E-state index in [1.54, 1.807) is 24.5 Å². The molecule has 1 aromatic rings. The Morgan fingerprint density at radius 3 is 3.07 bits per heavy atom. The van der Waals surface area contributed by atoms with E-state index in [1.807, 2.05) is 6.26 Å². The van der Waals surface area contributed by atoms with Gasteiger partial charge in [0, 0.05) is 6.08 Å². The molecule has 0 unspecified atom stereocenters. The molecule has 0 radical (unpaired) electrons. The van der Waals surface area contributed by atoms with Crippen LogP contribution in [0.4, 0.5) is 0 Å². The average molecular weight is 225 g/mol. The minimum atomic E-state index is -0.184. The van der Waals surface area contributed by atoms with Crippen molar-refractivity contribution in [3.63, 3.8) is 0 Å². The first kappa shape index (κ1) is 9.61. The molecule has 0 aromatic carbocycles. The summed E-state index contributed by atoms with van der Waals surface area (Å²) >= 11 is 2.85. The second-order valence-corrected chi connectivity index (χ2v) is 4.60. The van der Waals surface area contributed by atoms with Crippen LogP contribution in [-0.2, 0) is 4.79 Å². The molecule has 0 N–H and O–H groups in total. The minimum Gasteiger partial charge on any atom is -0.465 e. The molecule has 0 atom stereocenters. The van der Waals surface area contributed by atoms with Crippen LogP contribution in [0.3, 0.4) is 0 Å². The van der Waals surface area contributed by atoms with Crippen molar-refractivity contribution in [1.29, 1.82) is 0 Å². The van der Waals surface area contributed by atoms with Gasteiger partial charge >= 0.3 is 0 Å². The van der Waals surface area contributed by atoms with Crippen LogP contribution >= 0.6 is 23.5 Å². The third-order valence-corrected chi connectivity index (χ3v) is 3.56. The van der Waals surface area contributed by atoms with E-state index in [2.05, 4.69) is 4.99 Å². The number of furan rings is 1. The molecular formula is C9H7NO2S2. The molecule has 5 heteroatoms. The lowest BCUT2D eigenvalue weighted by molar-refractivity contribution is -0.113. The average Bonchev–Trinajstić information content (AvgIpc) is 2.78. The molecule has 0 spiro atoms. The van der Waals surface area contributed by atoms with Gasteiger partial charge < -0.3 is 4.42 Å². The summed E-state index contributed by atoms with van der Waals surface area (Å²) in [5.74, 6) is 0.495. The van der Waals surface area contributed by atoms with Crippen molar-refractivity contribution in [2.24, 2.45) is 4.99 Å². The molecule has 0 aliphatic carbocycles. The number of rotatable bonds is 1. The van der Waals surface area contributed by atoms with E-state index < -0.39 is 0 Å². The lowest BCUT2D eigenvalue weighted by atomic mass is 10.4. The zero-order valence-corrected chi connectivity index (χ0v) is 9.02. The summed E-state index contributed by atoms with van der Waals surface area (Å²) in [6.07, 6.45) is 5.18. The van der Waals surface area contributed by atoms with Crippen molar-refractivity contribution in [3.8, 4) is 0 Å².